The Labute approximate surface area is 132 Å². The van der Waals surface area contributed by atoms with Gasteiger partial charge in [0.1, 0.15) is 0 Å². The fourth-order valence-electron chi connectivity index (χ4n) is 1.13. The van der Waals surface area contributed by atoms with Crippen LogP contribution in [0.2, 0.25) is 0 Å². The molecule has 0 atom stereocenters. The van der Waals surface area contributed by atoms with Crippen LogP contribution >= 0.6 is 70.5 Å². The van der Waals surface area contributed by atoms with Crippen molar-refractivity contribution in [3.05, 3.63) is 46.1 Å². The lowest BCUT2D eigenvalue weighted by Crippen LogP contribution is -1.88. The summed E-state index contributed by atoms with van der Waals surface area (Å²) in [4.78, 5) is 13.6. The van der Waals surface area contributed by atoms with Crippen LogP contribution < -0.4 is 0 Å². The van der Waals surface area contributed by atoms with Crippen LogP contribution in [0.5, 0.6) is 0 Å². The van der Waals surface area contributed by atoms with Crippen LogP contribution in [-0.4, -0.2) is 5.78 Å². The first-order chi connectivity index (χ1) is 8.06. The number of ketones is 1. The number of halogens is 3. The summed E-state index contributed by atoms with van der Waals surface area (Å²) in [6, 6.07) is 3.81. The van der Waals surface area contributed by atoms with Crippen molar-refractivity contribution in [3.63, 3.8) is 0 Å². The van der Waals surface area contributed by atoms with E-state index in [1.807, 2.05) is 23.6 Å². The van der Waals surface area contributed by atoms with Gasteiger partial charge >= 0.3 is 0 Å². The molecule has 6 heteroatoms. The summed E-state index contributed by atoms with van der Waals surface area (Å²) in [6.45, 7) is 0. The second-order valence-corrected chi connectivity index (χ2v) is 8.18. The smallest absolute Gasteiger partial charge is 0.195 e. The van der Waals surface area contributed by atoms with Gasteiger partial charge in [0.15, 0.2) is 5.78 Å². The molecule has 1 nitrogen and oxygen atoms in total. The Bertz CT molecular complexity index is 564. The van der Waals surface area contributed by atoms with E-state index in [9.17, 15) is 4.79 Å². The van der Waals surface area contributed by atoms with E-state index in [0.29, 0.717) is 0 Å². The summed E-state index contributed by atoms with van der Waals surface area (Å²) in [5.41, 5.74) is 0. The molecule has 2 aromatic heterocycles. The number of carbonyl (C=O) groups excluding carboxylic acids is 1. The Hall–Kier alpha value is 0.250. The predicted octanol–water partition coefficient (Wildman–Crippen LogP) is 5.99. The summed E-state index contributed by atoms with van der Waals surface area (Å²) >= 11 is 13.2. The molecule has 2 rings (SSSR count). The monoisotopic (exact) mass is 454 g/mol. The fourth-order valence-corrected chi connectivity index (χ4v) is 4.47. The average Bonchev–Trinajstić information content (AvgIpc) is 2.83. The van der Waals surface area contributed by atoms with Gasteiger partial charge in [-0.1, -0.05) is 0 Å². The van der Waals surface area contributed by atoms with E-state index in [-0.39, 0.29) is 5.78 Å². The van der Waals surface area contributed by atoms with Gasteiger partial charge in [0.05, 0.1) is 8.66 Å². The molecule has 0 spiro atoms. The van der Waals surface area contributed by atoms with Gasteiger partial charge in [-0.3, -0.25) is 4.79 Å². The van der Waals surface area contributed by atoms with Crippen molar-refractivity contribution < 1.29 is 4.79 Å². The number of allylic oxidation sites excluding steroid dienone is 1. The van der Waals surface area contributed by atoms with Crippen LogP contribution in [0.1, 0.15) is 14.5 Å². The van der Waals surface area contributed by atoms with Crippen molar-refractivity contribution in [3.8, 4) is 0 Å². The van der Waals surface area contributed by atoms with Gasteiger partial charge in [0.2, 0.25) is 0 Å². The minimum Gasteiger partial charge on any atom is -0.288 e. The number of hydrogen-bond donors (Lipinski definition) is 0. The Morgan fingerprint density at radius 1 is 1.24 bits per heavy atom. The topological polar surface area (TPSA) is 17.1 Å². The largest absolute Gasteiger partial charge is 0.288 e. The lowest BCUT2D eigenvalue weighted by molar-refractivity contribution is 0.105. The Kier molecular flexibility index (Phi) is 4.77. The van der Waals surface area contributed by atoms with Gasteiger partial charge in [0.25, 0.3) is 0 Å². The quantitative estimate of drug-likeness (QED) is 0.409. The minimum atomic E-state index is 0.0290. The molecule has 0 saturated heterocycles. The highest BCUT2D eigenvalue weighted by molar-refractivity contribution is 9.13. The third-order valence-electron chi connectivity index (χ3n) is 1.87. The normalized spacial score (nSPS) is 11.2. The van der Waals surface area contributed by atoms with E-state index in [2.05, 4.69) is 47.8 Å². The molecule has 0 aromatic carbocycles. The molecule has 0 saturated carbocycles. The highest BCUT2D eigenvalue weighted by Crippen LogP contribution is 2.33. The standard InChI is InChI=1S/C11H5Br3OS2/c12-6-3-10(16-5-6)9(15)2-1-7-4-8(13)11(14)17-7/h1-5H/b2-1+. The van der Waals surface area contributed by atoms with Crippen molar-refractivity contribution in [1.29, 1.82) is 0 Å². The van der Waals surface area contributed by atoms with E-state index in [0.717, 1.165) is 22.5 Å². The zero-order valence-electron chi connectivity index (χ0n) is 8.25. The van der Waals surface area contributed by atoms with Gasteiger partial charge in [-0.15, -0.1) is 22.7 Å². The highest BCUT2D eigenvalue weighted by Gasteiger charge is 2.06. The molecule has 2 heterocycles. The van der Waals surface area contributed by atoms with Crippen molar-refractivity contribution in [2.45, 2.75) is 0 Å². The minimum absolute atomic E-state index is 0.0290. The van der Waals surface area contributed by atoms with Crippen LogP contribution in [0.4, 0.5) is 0 Å². The van der Waals surface area contributed by atoms with Crippen molar-refractivity contribution in [2.24, 2.45) is 0 Å². The summed E-state index contributed by atoms with van der Waals surface area (Å²) in [5, 5.41) is 1.90. The maximum Gasteiger partial charge on any atom is 0.195 e. The summed E-state index contributed by atoms with van der Waals surface area (Å²) < 4.78 is 2.98. The lowest BCUT2D eigenvalue weighted by Gasteiger charge is -1.87. The Balaban J connectivity index is 2.13. The van der Waals surface area contributed by atoms with Crippen LogP contribution in [0.15, 0.2) is 36.3 Å². The van der Waals surface area contributed by atoms with E-state index in [1.165, 1.54) is 11.3 Å². The second-order valence-electron chi connectivity index (χ2n) is 3.10. The molecule has 0 unspecified atom stereocenters. The SMILES string of the molecule is O=C(/C=C/c1cc(Br)c(Br)s1)c1cc(Br)cs1. The van der Waals surface area contributed by atoms with Gasteiger partial charge < -0.3 is 0 Å². The van der Waals surface area contributed by atoms with E-state index in [4.69, 9.17) is 0 Å². The molecule has 0 aliphatic rings. The summed E-state index contributed by atoms with van der Waals surface area (Å²) in [6.07, 6.45) is 3.43. The number of rotatable bonds is 3. The maximum atomic E-state index is 11.8. The number of hydrogen-bond acceptors (Lipinski definition) is 3. The highest BCUT2D eigenvalue weighted by atomic mass is 79.9. The Morgan fingerprint density at radius 2 is 2.00 bits per heavy atom. The average molecular weight is 457 g/mol. The van der Waals surface area contributed by atoms with Crippen molar-refractivity contribution >= 4 is 82.3 Å². The molecular formula is C11H5Br3OS2. The molecule has 0 bridgehead atoms. The molecule has 0 radical (unpaired) electrons. The zero-order valence-corrected chi connectivity index (χ0v) is 14.6. The molecule has 88 valence electrons. The first-order valence-electron chi connectivity index (χ1n) is 4.47. The third-order valence-corrected chi connectivity index (χ3v) is 6.80. The summed E-state index contributed by atoms with van der Waals surface area (Å²) in [7, 11) is 0. The first-order valence-corrected chi connectivity index (χ1v) is 8.55. The molecule has 17 heavy (non-hydrogen) atoms. The van der Waals surface area contributed by atoms with Crippen LogP contribution in [0.25, 0.3) is 6.08 Å². The summed E-state index contributed by atoms with van der Waals surface area (Å²) in [5.74, 6) is 0.0290. The van der Waals surface area contributed by atoms with Crippen LogP contribution in [-0.2, 0) is 0 Å². The molecule has 0 aliphatic heterocycles. The second kappa shape index (κ2) is 5.93. The van der Waals surface area contributed by atoms with Crippen molar-refractivity contribution in [2.75, 3.05) is 0 Å². The van der Waals surface area contributed by atoms with Crippen LogP contribution in [0, 0.1) is 0 Å². The Morgan fingerprint density at radius 3 is 2.53 bits per heavy atom. The molecule has 0 fully saturated rings. The van der Waals surface area contributed by atoms with E-state index < -0.39 is 0 Å². The first kappa shape index (κ1) is 13.7. The van der Waals surface area contributed by atoms with E-state index >= 15 is 0 Å². The molecule has 2 aromatic rings. The predicted molar refractivity (Wildman–Crippen MR) is 85.1 cm³/mol. The van der Waals surface area contributed by atoms with Gasteiger partial charge in [-0.2, -0.15) is 0 Å². The molecule has 0 N–H and O–H groups in total. The molecule has 0 amide bonds. The maximum absolute atomic E-state index is 11.8. The number of thiophene rings is 2. The number of carbonyl (C=O) groups is 1. The van der Waals surface area contributed by atoms with Gasteiger partial charge in [-0.05, 0) is 72.1 Å². The van der Waals surface area contributed by atoms with Gasteiger partial charge in [0, 0.05) is 19.2 Å². The van der Waals surface area contributed by atoms with Crippen LogP contribution in [0.3, 0.4) is 0 Å². The van der Waals surface area contributed by atoms with Gasteiger partial charge in [-0.25, -0.2) is 0 Å². The fraction of sp³-hybridized carbons (Fsp3) is 0. The molecular weight excluding hydrogens is 452 g/mol. The third kappa shape index (κ3) is 3.61. The lowest BCUT2D eigenvalue weighted by atomic mass is 10.3. The van der Waals surface area contributed by atoms with Crippen molar-refractivity contribution in [1.82, 2.24) is 0 Å². The zero-order chi connectivity index (χ0) is 12.4. The van der Waals surface area contributed by atoms with E-state index in [1.54, 1.807) is 17.4 Å². The molecule has 0 aliphatic carbocycles.